The van der Waals surface area contributed by atoms with E-state index in [-0.39, 0.29) is 16.8 Å². The standard InChI is InChI=1S/C15H11FN2O3/c1-8-5-6-10(16)12(7-8)18-13-9(14(19)20)3-2-4-11(13)17-15(18)21/h2-7H,1H3,(H,17,21)(H,19,20). The lowest BCUT2D eigenvalue weighted by Gasteiger charge is -2.08. The van der Waals surface area contributed by atoms with Crippen LogP contribution in [0.4, 0.5) is 4.39 Å². The number of aromatic carboxylic acids is 1. The van der Waals surface area contributed by atoms with Crippen LogP contribution in [-0.4, -0.2) is 20.6 Å². The van der Waals surface area contributed by atoms with Crippen molar-refractivity contribution in [3.05, 3.63) is 63.8 Å². The van der Waals surface area contributed by atoms with E-state index in [2.05, 4.69) is 4.98 Å². The van der Waals surface area contributed by atoms with Crippen LogP contribution in [-0.2, 0) is 0 Å². The number of para-hydroxylation sites is 1. The number of hydrogen-bond donors (Lipinski definition) is 2. The van der Waals surface area contributed by atoms with Gasteiger partial charge in [0.2, 0.25) is 0 Å². The predicted octanol–water partition coefficient (Wildman–Crippen LogP) is 2.46. The second-order valence-electron chi connectivity index (χ2n) is 4.73. The Morgan fingerprint density at radius 1 is 1.29 bits per heavy atom. The quantitative estimate of drug-likeness (QED) is 0.760. The summed E-state index contributed by atoms with van der Waals surface area (Å²) < 4.78 is 15.1. The molecule has 21 heavy (non-hydrogen) atoms. The van der Waals surface area contributed by atoms with Crippen molar-refractivity contribution in [3.8, 4) is 5.69 Å². The van der Waals surface area contributed by atoms with Crippen molar-refractivity contribution in [2.24, 2.45) is 0 Å². The Morgan fingerprint density at radius 2 is 2.05 bits per heavy atom. The van der Waals surface area contributed by atoms with Crippen LogP contribution in [0.1, 0.15) is 15.9 Å². The predicted molar refractivity (Wildman–Crippen MR) is 75.6 cm³/mol. The maximum atomic E-state index is 14.1. The van der Waals surface area contributed by atoms with Crippen LogP contribution in [0.15, 0.2) is 41.2 Å². The number of rotatable bonds is 2. The van der Waals surface area contributed by atoms with Gasteiger partial charge in [-0.25, -0.2) is 14.0 Å². The maximum absolute atomic E-state index is 14.1. The number of carboxylic acids is 1. The van der Waals surface area contributed by atoms with Gasteiger partial charge >= 0.3 is 11.7 Å². The molecule has 0 unspecified atom stereocenters. The van der Waals surface area contributed by atoms with Gasteiger partial charge in [-0.1, -0.05) is 12.1 Å². The first kappa shape index (κ1) is 13.1. The van der Waals surface area contributed by atoms with E-state index >= 15 is 0 Å². The van der Waals surface area contributed by atoms with Crippen molar-refractivity contribution in [1.29, 1.82) is 0 Å². The Labute approximate surface area is 118 Å². The minimum Gasteiger partial charge on any atom is -0.478 e. The molecule has 0 aliphatic heterocycles. The highest BCUT2D eigenvalue weighted by Gasteiger charge is 2.18. The molecular weight excluding hydrogens is 275 g/mol. The Kier molecular flexibility index (Phi) is 2.86. The van der Waals surface area contributed by atoms with E-state index in [0.717, 1.165) is 10.1 Å². The second kappa shape index (κ2) is 4.59. The summed E-state index contributed by atoms with van der Waals surface area (Å²) in [4.78, 5) is 26.0. The number of H-pyrrole nitrogens is 1. The number of aromatic amines is 1. The number of aryl methyl sites for hydroxylation is 1. The molecule has 0 saturated carbocycles. The van der Waals surface area contributed by atoms with Gasteiger partial charge in [-0.2, -0.15) is 0 Å². The van der Waals surface area contributed by atoms with Gasteiger partial charge in [-0.05, 0) is 36.8 Å². The van der Waals surface area contributed by atoms with E-state index in [9.17, 15) is 19.1 Å². The summed E-state index contributed by atoms with van der Waals surface area (Å²) in [5.74, 6) is -1.77. The van der Waals surface area contributed by atoms with Crippen LogP contribution in [0.3, 0.4) is 0 Å². The fraction of sp³-hybridized carbons (Fsp3) is 0.0667. The number of hydrogen-bond acceptors (Lipinski definition) is 2. The lowest BCUT2D eigenvalue weighted by atomic mass is 10.1. The third-order valence-electron chi connectivity index (χ3n) is 3.28. The molecule has 106 valence electrons. The highest BCUT2D eigenvalue weighted by molar-refractivity contribution is 6.01. The van der Waals surface area contributed by atoms with Crippen LogP contribution < -0.4 is 5.69 Å². The van der Waals surface area contributed by atoms with E-state index < -0.39 is 17.5 Å². The van der Waals surface area contributed by atoms with Gasteiger partial charge in [0.25, 0.3) is 0 Å². The molecule has 2 N–H and O–H groups in total. The topological polar surface area (TPSA) is 75.1 Å². The zero-order chi connectivity index (χ0) is 15.1. The molecule has 0 atom stereocenters. The Hall–Kier alpha value is -2.89. The van der Waals surface area contributed by atoms with Gasteiger partial charge in [0, 0.05) is 0 Å². The SMILES string of the molecule is Cc1ccc(F)c(-n2c(=O)[nH]c3cccc(C(=O)O)c32)c1. The zero-order valence-corrected chi connectivity index (χ0v) is 11.1. The highest BCUT2D eigenvalue weighted by atomic mass is 19.1. The fourth-order valence-electron chi connectivity index (χ4n) is 2.35. The highest BCUT2D eigenvalue weighted by Crippen LogP contribution is 2.22. The second-order valence-corrected chi connectivity index (χ2v) is 4.73. The maximum Gasteiger partial charge on any atom is 0.337 e. The molecule has 1 heterocycles. The molecular formula is C15H11FN2O3. The van der Waals surface area contributed by atoms with E-state index in [4.69, 9.17) is 0 Å². The number of carbonyl (C=O) groups is 1. The normalized spacial score (nSPS) is 11.0. The first-order valence-corrected chi connectivity index (χ1v) is 6.22. The molecule has 0 aliphatic carbocycles. The molecule has 2 aromatic carbocycles. The number of carboxylic acid groups (broad SMARTS) is 1. The molecule has 3 aromatic rings. The van der Waals surface area contributed by atoms with Gasteiger partial charge in [-0.3, -0.25) is 4.57 Å². The monoisotopic (exact) mass is 286 g/mol. The number of fused-ring (bicyclic) bond motifs is 1. The number of benzene rings is 2. The summed E-state index contributed by atoms with van der Waals surface area (Å²) in [5, 5.41) is 9.26. The molecule has 0 amide bonds. The average Bonchev–Trinajstić information content (AvgIpc) is 2.77. The molecule has 0 fully saturated rings. The lowest BCUT2D eigenvalue weighted by Crippen LogP contribution is -2.17. The van der Waals surface area contributed by atoms with Gasteiger partial charge in [-0.15, -0.1) is 0 Å². The largest absolute Gasteiger partial charge is 0.478 e. The van der Waals surface area contributed by atoms with Gasteiger partial charge in [0.15, 0.2) is 0 Å². The van der Waals surface area contributed by atoms with Crippen molar-refractivity contribution in [3.63, 3.8) is 0 Å². The molecule has 0 spiro atoms. The van der Waals surface area contributed by atoms with E-state index in [1.54, 1.807) is 19.1 Å². The molecule has 0 aliphatic rings. The van der Waals surface area contributed by atoms with E-state index in [1.165, 1.54) is 24.3 Å². The fourth-order valence-corrected chi connectivity index (χ4v) is 2.35. The number of imidazole rings is 1. The number of nitrogens with zero attached hydrogens (tertiary/aromatic N) is 1. The minimum atomic E-state index is -1.18. The zero-order valence-electron chi connectivity index (χ0n) is 11.1. The Balaban J connectivity index is 2.48. The number of halogens is 1. The van der Waals surface area contributed by atoms with Crippen LogP contribution in [0.2, 0.25) is 0 Å². The molecule has 3 rings (SSSR count). The summed E-state index contributed by atoms with van der Waals surface area (Å²) in [6.07, 6.45) is 0. The van der Waals surface area contributed by atoms with Crippen molar-refractivity contribution in [1.82, 2.24) is 9.55 Å². The van der Waals surface area contributed by atoms with Gasteiger partial charge in [0.05, 0.1) is 22.3 Å². The van der Waals surface area contributed by atoms with Crippen LogP contribution in [0.25, 0.3) is 16.7 Å². The van der Waals surface area contributed by atoms with Crippen molar-refractivity contribution < 1.29 is 14.3 Å². The Morgan fingerprint density at radius 3 is 2.76 bits per heavy atom. The Bertz CT molecular complexity index is 924. The van der Waals surface area contributed by atoms with Gasteiger partial charge < -0.3 is 10.1 Å². The summed E-state index contributed by atoms with van der Waals surface area (Å²) in [5.41, 5.74) is 0.649. The number of nitrogens with one attached hydrogen (secondary N) is 1. The van der Waals surface area contributed by atoms with Crippen molar-refractivity contribution in [2.75, 3.05) is 0 Å². The van der Waals surface area contributed by atoms with Crippen LogP contribution in [0.5, 0.6) is 0 Å². The third kappa shape index (κ3) is 2.01. The third-order valence-corrected chi connectivity index (χ3v) is 3.28. The first-order chi connectivity index (χ1) is 9.99. The van der Waals surface area contributed by atoms with Gasteiger partial charge in [0.1, 0.15) is 5.82 Å². The molecule has 0 saturated heterocycles. The molecule has 0 radical (unpaired) electrons. The van der Waals surface area contributed by atoms with Crippen LogP contribution >= 0.6 is 0 Å². The van der Waals surface area contributed by atoms with E-state index in [0.29, 0.717) is 5.52 Å². The van der Waals surface area contributed by atoms with Crippen LogP contribution in [0, 0.1) is 12.7 Å². The molecule has 6 heteroatoms. The summed E-state index contributed by atoms with van der Waals surface area (Å²) in [7, 11) is 0. The minimum absolute atomic E-state index is 0.0277. The summed E-state index contributed by atoms with van der Waals surface area (Å²) >= 11 is 0. The lowest BCUT2D eigenvalue weighted by molar-refractivity contribution is 0.0698. The molecule has 5 nitrogen and oxygen atoms in total. The average molecular weight is 286 g/mol. The summed E-state index contributed by atoms with van der Waals surface area (Å²) in [6, 6.07) is 8.81. The molecule has 1 aromatic heterocycles. The number of aromatic nitrogens is 2. The van der Waals surface area contributed by atoms with Crippen molar-refractivity contribution >= 4 is 17.0 Å². The summed E-state index contributed by atoms with van der Waals surface area (Å²) in [6.45, 7) is 1.76. The van der Waals surface area contributed by atoms with E-state index in [1.807, 2.05) is 0 Å². The first-order valence-electron chi connectivity index (χ1n) is 6.22. The van der Waals surface area contributed by atoms with Crippen molar-refractivity contribution in [2.45, 2.75) is 6.92 Å². The molecule has 0 bridgehead atoms. The smallest absolute Gasteiger partial charge is 0.337 e.